The van der Waals surface area contributed by atoms with E-state index >= 15 is 0 Å². The van der Waals surface area contributed by atoms with E-state index in [1.807, 2.05) is 78.2 Å². The molecule has 0 spiro atoms. The summed E-state index contributed by atoms with van der Waals surface area (Å²) < 4.78 is 18.4. The van der Waals surface area contributed by atoms with Crippen molar-refractivity contribution in [3.05, 3.63) is 42.2 Å². The highest BCUT2D eigenvalue weighted by molar-refractivity contribution is 6.06. The van der Waals surface area contributed by atoms with Crippen LogP contribution in [0.15, 0.2) is 36.5 Å². The molecule has 1 aliphatic rings. The lowest BCUT2D eigenvalue weighted by Gasteiger charge is -2.45. The number of aryl methyl sites for hydroxylation is 1. The fraction of sp³-hybridized carbons (Fsp3) is 0.452. The first-order chi connectivity index (χ1) is 20.4. The zero-order valence-electron chi connectivity index (χ0n) is 26.0. The first kappa shape index (κ1) is 30.0. The van der Waals surface area contributed by atoms with Crippen molar-refractivity contribution in [2.75, 3.05) is 38.9 Å². The zero-order valence-corrected chi connectivity index (χ0v) is 26.0. The van der Waals surface area contributed by atoms with Crippen LogP contribution in [-0.2, 0) is 16.5 Å². The van der Waals surface area contributed by atoms with Gasteiger partial charge in [0.05, 0.1) is 28.7 Å². The molecule has 0 unspecified atom stereocenters. The van der Waals surface area contributed by atoms with Gasteiger partial charge in [0.15, 0.2) is 12.6 Å². The highest BCUT2D eigenvalue weighted by Crippen LogP contribution is 2.35. The summed E-state index contributed by atoms with van der Waals surface area (Å²) in [5.41, 5.74) is 2.59. The van der Waals surface area contributed by atoms with Crippen LogP contribution in [0.3, 0.4) is 0 Å². The summed E-state index contributed by atoms with van der Waals surface area (Å²) in [6.45, 7) is 10.9. The summed E-state index contributed by atoms with van der Waals surface area (Å²) in [7, 11) is 4.97. The molecule has 1 aliphatic heterocycles. The summed E-state index contributed by atoms with van der Waals surface area (Å²) in [6.07, 6.45) is 1.59. The quantitative estimate of drug-likeness (QED) is 0.327. The summed E-state index contributed by atoms with van der Waals surface area (Å²) in [5.74, 6) is 0.519. The minimum absolute atomic E-state index is 0.0304. The van der Waals surface area contributed by atoms with Gasteiger partial charge in [-0.05, 0) is 58.9 Å². The molecule has 2 aromatic carbocycles. The van der Waals surface area contributed by atoms with Gasteiger partial charge in [0.25, 0.3) is 5.91 Å². The summed E-state index contributed by atoms with van der Waals surface area (Å²) in [5, 5.41) is 8.70. The molecule has 12 nitrogen and oxygen atoms in total. The standard InChI is InChI=1S/C31H39N7O5/c1-18-14-37(15-19(2)38(18)30(40)43-31(3,4)5)21-9-10-24-22(12-21)27(29(39)32-6)34-28(33-24)23-11-20-16-36(7)35-25(20)13-26(23)42-17-41-8/h9-13,16,18-19H,14-15,17H2,1-8H3,(H,32,39)/t18-,19+. The molecule has 1 N–H and O–H groups in total. The Morgan fingerprint density at radius 2 is 1.77 bits per heavy atom. The molecule has 12 heteroatoms. The Bertz CT molecular complexity index is 1670. The van der Waals surface area contributed by atoms with Crippen molar-refractivity contribution in [2.24, 2.45) is 7.05 Å². The number of carbonyl (C=O) groups excluding carboxylic acids is 2. The van der Waals surface area contributed by atoms with Gasteiger partial charge in [0, 0.05) is 63.0 Å². The number of rotatable bonds is 6. The van der Waals surface area contributed by atoms with Crippen LogP contribution in [-0.4, -0.2) is 88.4 Å². The molecule has 2 atom stereocenters. The van der Waals surface area contributed by atoms with E-state index in [4.69, 9.17) is 24.2 Å². The van der Waals surface area contributed by atoms with E-state index in [-0.39, 0.29) is 36.6 Å². The molecule has 1 saturated heterocycles. The van der Waals surface area contributed by atoms with Crippen molar-refractivity contribution >= 4 is 39.5 Å². The van der Waals surface area contributed by atoms with E-state index in [0.717, 1.165) is 16.6 Å². The van der Waals surface area contributed by atoms with Crippen LogP contribution in [0.5, 0.6) is 5.75 Å². The molecule has 0 bridgehead atoms. The van der Waals surface area contributed by atoms with Crippen LogP contribution < -0.4 is 15.0 Å². The fourth-order valence-corrected chi connectivity index (χ4v) is 5.53. The third-order valence-electron chi connectivity index (χ3n) is 7.30. The molecule has 0 radical (unpaired) electrons. The maximum atomic E-state index is 13.2. The summed E-state index contributed by atoms with van der Waals surface area (Å²) >= 11 is 0. The van der Waals surface area contributed by atoms with E-state index in [2.05, 4.69) is 15.3 Å². The van der Waals surface area contributed by atoms with Crippen LogP contribution in [0.25, 0.3) is 33.2 Å². The number of hydrogen-bond donors (Lipinski definition) is 1. The molecule has 2 aromatic heterocycles. The van der Waals surface area contributed by atoms with E-state index in [1.54, 1.807) is 23.7 Å². The monoisotopic (exact) mass is 589 g/mol. The number of piperazine rings is 1. The molecular weight excluding hydrogens is 550 g/mol. The number of methoxy groups -OCH3 is 1. The number of hydrogen-bond acceptors (Lipinski definition) is 9. The SMILES string of the molecule is CNC(=O)c1nc(-c2cc3cn(C)nc3cc2OCOC)nc2ccc(N3C[C@@H](C)N(C(=O)OC(C)(C)C)[C@@H](C)C3)cc12. The molecule has 43 heavy (non-hydrogen) atoms. The van der Waals surface area contributed by atoms with Crippen LogP contribution >= 0.6 is 0 Å². The van der Waals surface area contributed by atoms with Gasteiger partial charge in [-0.25, -0.2) is 14.8 Å². The maximum Gasteiger partial charge on any atom is 0.410 e. The minimum Gasteiger partial charge on any atom is -0.467 e. The second-order valence-electron chi connectivity index (χ2n) is 11.9. The minimum atomic E-state index is -0.568. The highest BCUT2D eigenvalue weighted by atomic mass is 16.7. The van der Waals surface area contributed by atoms with Gasteiger partial charge in [-0.2, -0.15) is 5.10 Å². The second-order valence-corrected chi connectivity index (χ2v) is 11.9. The van der Waals surface area contributed by atoms with E-state index in [1.165, 1.54) is 0 Å². The van der Waals surface area contributed by atoms with Gasteiger partial charge in [-0.3, -0.25) is 14.4 Å². The Balaban J connectivity index is 1.53. The second kappa shape index (κ2) is 11.7. The number of anilines is 1. The predicted molar refractivity (Wildman–Crippen MR) is 164 cm³/mol. The van der Waals surface area contributed by atoms with Gasteiger partial charge < -0.3 is 24.4 Å². The van der Waals surface area contributed by atoms with Gasteiger partial charge in [0.1, 0.15) is 17.0 Å². The largest absolute Gasteiger partial charge is 0.467 e. The first-order valence-corrected chi connectivity index (χ1v) is 14.3. The Labute approximate surface area is 250 Å². The number of fused-ring (bicyclic) bond motifs is 2. The van der Waals surface area contributed by atoms with Crippen LogP contribution in [0, 0.1) is 0 Å². The number of nitrogens with one attached hydrogen (secondary N) is 1. The number of amides is 2. The van der Waals surface area contributed by atoms with E-state index < -0.39 is 5.60 Å². The van der Waals surface area contributed by atoms with Crippen LogP contribution in [0.1, 0.15) is 45.1 Å². The van der Waals surface area contributed by atoms with Crippen LogP contribution in [0.4, 0.5) is 10.5 Å². The average Bonchev–Trinajstić information content (AvgIpc) is 3.31. The molecule has 228 valence electrons. The Kier molecular flexibility index (Phi) is 8.15. The van der Waals surface area contributed by atoms with Gasteiger partial charge in [-0.1, -0.05) is 0 Å². The van der Waals surface area contributed by atoms with Crippen molar-refractivity contribution in [3.63, 3.8) is 0 Å². The Morgan fingerprint density at radius 1 is 1.05 bits per heavy atom. The summed E-state index contributed by atoms with van der Waals surface area (Å²) in [6, 6.07) is 9.39. The van der Waals surface area contributed by atoms with E-state index in [0.29, 0.717) is 41.1 Å². The zero-order chi connectivity index (χ0) is 31.1. The van der Waals surface area contributed by atoms with Gasteiger partial charge in [-0.15, -0.1) is 0 Å². The Morgan fingerprint density at radius 3 is 2.42 bits per heavy atom. The lowest BCUT2D eigenvalue weighted by Crippen LogP contribution is -2.59. The molecule has 0 aliphatic carbocycles. The number of carbonyl (C=O) groups is 2. The molecule has 2 amide bonds. The van der Waals surface area contributed by atoms with Crippen molar-refractivity contribution in [1.82, 2.24) is 30.0 Å². The number of nitrogens with zero attached hydrogens (tertiary/aromatic N) is 6. The molecule has 4 aromatic rings. The van der Waals surface area contributed by atoms with Gasteiger partial charge >= 0.3 is 6.09 Å². The molecule has 1 fully saturated rings. The number of benzene rings is 2. The average molecular weight is 590 g/mol. The predicted octanol–water partition coefficient (Wildman–Crippen LogP) is 4.36. The lowest BCUT2D eigenvalue weighted by atomic mass is 10.1. The third kappa shape index (κ3) is 6.19. The van der Waals surface area contributed by atoms with Crippen molar-refractivity contribution in [1.29, 1.82) is 0 Å². The first-order valence-electron chi connectivity index (χ1n) is 14.3. The highest BCUT2D eigenvalue weighted by Gasteiger charge is 2.36. The molecule has 5 rings (SSSR count). The normalized spacial score (nSPS) is 17.4. The smallest absolute Gasteiger partial charge is 0.410 e. The van der Waals surface area contributed by atoms with Gasteiger partial charge in [0.2, 0.25) is 0 Å². The van der Waals surface area contributed by atoms with E-state index in [9.17, 15) is 9.59 Å². The molecule has 0 saturated carbocycles. The van der Waals surface area contributed by atoms with Crippen molar-refractivity contribution < 1.29 is 23.8 Å². The summed E-state index contributed by atoms with van der Waals surface area (Å²) in [4.78, 5) is 39.7. The topological polar surface area (TPSA) is 124 Å². The Hall–Kier alpha value is -4.45. The van der Waals surface area contributed by atoms with Crippen molar-refractivity contribution in [2.45, 2.75) is 52.3 Å². The lowest BCUT2D eigenvalue weighted by molar-refractivity contribution is 0.00564. The fourth-order valence-electron chi connectivity index (χ4n) is 5.53. The maximum absolute atomic E-state index is 13.2. The van der Waals surface area contributed by atoms with Crippen LogP contribution in [0.2, 0.25) is 0 Å². The number of ether oxygens (including phenoxy) is 3. The number of aromatic nitrogens is 4. The molecule has 3 heterocycles. The van der Waals surface area contributed by atoms with Crippen molar-refractivity contribution in [3.8, 4) is 17.1 Å². The third-order valence-corrected chi connectivity index (χ3v) is 7.30. The molecular formula is C31H39N7O5.